The van der Waals surface area contributed by atoms with Gasteiger partial charge in [-0.1, -0.05) is 12.1 Å². The standard InChI is InChI=1S/C25H31NO7/c1-26-12-11-25-16-8-10-19(32-21(28)6-4-5-20(27)30-3)24(25)33-23-18(31-14-29-2)9-7-15(22(23)25)13-17(16)26/h7-10,16-17,19,24H,4-6,11-14H2,1-3H3/t16-,17+,19?,24-,25-/m0/s1. The van der Waals surface area contributed by atoms with Crippen LogP contribution in [0.2, 0.25) is 0 Å². The van der Waals surface area contributed by atoms with Crippen LogP contribution in [-0.2, 0) is 35.6 Å². The van der Waals surface area contributed by atoms with Crippen molar-refractivity contribution in [3.63, 3.8) is 0 Å². The molecule has 0 radical (unpaired) electrons. The number of piperidine rings is 1. The number of carbonyl (C=O) groups excluding carboxylic acids is 2. The van der Waals surface area contributed by atoms with Gasteiger partial charge in [-0.2, -0.15) is 0 Å². The van der Waals surface area contributed by atoms with Crippen molar-refractivity contribution in [1.82, 2.24) is 4.90 Å². The Morgan fingerprint density at radius 3 is 2.79 bits per heavy atom. The SMILES string of the molecule is COCOc1ccc2c3c1O[C@H]1C(OC(=O)CCCC(=O)OC)C=C[C@H]4[C@@H](C2)N(C)CC[C@]314. The van der Waals surface area contributed by atoms with Crippen molar-refractivity contribution in [3.05, 3.63) is 35.4 Å². The van der Waals surface area contributed by atoms with Gasteiger partial charge in [-0.3, -0.25) is 9.59 Å². The lowest BCUT2D eigenvalue weighted by atomic mass is 9.53. The maximum Gasteiger partial charge on any atom is 0.306 e. The van der Waals surface area contributed by atoms with Crippen molar-refractivity contribution in [1.29, 1.82) is 0 Å². The number of likely N-dealkylation sites (tertiary alicyclic amines) is 1. The highest BCUT2D eigenvalue weighted by molar-refractivity contribution is 5.73. The lowest BCUT2D eigenvalue weighted by molar-refractivity contribution is -0.155. The summed E-state index contributed by atoms with van der Waals surface area (Å²) in [6.45, 7) is 1.09. The first-order valence-electron chi connectivity index (χ1n) is 11.6. The molecule has 2 heterocycles. The molecule has 0 N–H and O–H groups in total. The zero-order chi connectivity index (χ0) is 23.2. The molecular formula is C25H31NO7. The molecular weight excluding hydrogens is 426 g/mol. The molecule has 5 atom stereocenters. The predicted octanol–water partition coefficient (Wildman–Crippen LogP) is 2.37. The van der Waals surface area contributed by atoms with Gasteiger partial charge in [0.2, 0.25) is 0 Å². The van der Waals surface area contributed by atoms with Crippen LogP contribution in [0.25, 0.3) is 0 Å². The molecule has 1 spiro atoms. The van der Waals surface area contributed by atoms with Crippen molar-refractivity contribution in [2.75, 3.05) is 34.6 Å². The van der Waals surface area contributed by atoms with E-state index in [1.807, 2.05) is 12.1 Å². The monoisotopic (exact) mass is 457 g/mol. The molecule has 8 heteroatoms. The first-order valence-corrected chi connectivity index (χ1v) is 11.6. The van der Waals surface area contributed by atoms with Crippen LogP contribution in [0.5, 0.6) is 11.5 Å². The molecule has 33 heavy (non-hydrogen) atoms. The van der Waals surface area contributed by atoms with Gasteiger partial charge in [-0.25, -0.2) is 0 Å². The average molecular weight is 458 g/mol. The highest BCUT2D eigenvalue weighted by Gasteiger charge is 2.65. The Kier molecular flexibility index (Phi) is 5.82. The lowest BCUT2D eigenvalue weighted by Crippen LogP contribution is -2.65. The van der Waals surface area contributed by atoms with Crippen LogP contribution in [0.15, 0.2) is 24.3 Å². The van der Waals surface area contributed by atoms with Crippen LogP contribution in [0.3, 0.4) is 0 Å². The van der Waals surface area contributed by atoms with Crippen LogP contribution in [-0.4, -0.2) is 69.7 Å². The van der Waals surface area contributed by atoms with E-state index < -0.39 is 6.10 Å². The number of rotatable bonds is 8. The Morgan fingerprint density at radius 1 is 1.18 bits per heavy atom. The molecule has 0 aromatic heterocycles. The molecule has 1 saturated heterocycles. The quantitative estimate of drug-likeness (QED) is 0.334. The van der Waals surface area contributed by atoms with Gasteiger partial charge >= 0.3 is 11.9 Å². The third-order valence-electron chi connectivity index (χ3n) is 7.70. The molecule has 1 aromatic rings. The van der Waals surface area contributed by atoms with Crippen molar-refractivity contribution in [2.45, 2.75) is 55.8 Å². The molecule has 2 bridgehead atoms. The normalized spacial score (nSPS) is 30.9. The number of benzene rings is 1. The summed E-state index contributed by atoms with van der Waals surface area (Å²) in [7, 11) is 5.12. The van der Waals surface area contributed by atoms with Crippen molar-refractivity contribution in [2.24, 2.45) is 5.92 Å². The van der Waals surface area contributed by atoms with Gasteiger partial charge in [0.05, 0.1) is 7.11 Å². The molecule has 5 rings (SSSR count). The van der Waals surface area contributed by atoms with E-state index in [0.717, 1.165) is 25.1 Å². The summed E-state index contributed by atoms with van der Waals surface area (Å²) in [5.74, 6) is 1.05. The van der Waals surface area contributed by atoms with E-state index in [2.05, 4.69) is 28.8 Å². The summed E-state index contributed by atoms with van der Waals surface area (Å²) in [4.78, 5) is 26.4. The fourth-order valence-electron chi connectivity index (χ4n) is 6.24. The topological polar surface area (TPSA) is 83.5 Å². The lowest BCUT2D eigenvalue weighted by Gasteiger charge is -2.56. The number of methoxy groups -OCH3 is 2. The fourth-order valence-corrected chi connectivity index (χ4v) is 6.24. The number of hydrogen-bond donors (Lipinski definition) is 0. The van der Waals surface area contributed by atoms with Crippen LogP contribution in [0.1, 0.15) is 36.8 Å². The minimum Gasteiger partial charge on any atom is -0.481 e. The smallest absolute Gasteiger partial charge is 0.306 e. The van der Waals surface area contributed by atoms with Crippen LogP contribution >= 0.6 is 0 Å². The van der Waals surface area contributed by atoms with Crippen molar-refractivity contribution >= 4 is 11.9 Å². The fraction of sp³-hybridized carbons (Fsp3) is 0.600. The summed E-state index contributed by atoms with van der Waals surface area (Å²) in [6.07, 6.45) is 6.04. The summed E-state index contributed by atoms with van der Waals surface area (Å²) in [5, 5.41) is 0. The largest absolute Gasteiger partial charge is 0.481 e. The van der Waals surface area contributed by atoms with E-state index in [1.54, 1.807) is 7.11 Å². The van der Waals surface area contributed by atoms with E-state index in [9.17, 15) is 9.59 Å². The molecule has 2 aliphatic heterocycles. The van der Waals surface area contributed by atoms with Gasteiger partial charge in [0.25, 0.3) is 0 Å². The van der Waals surface area contributed by atoms with Crippen molar-refractivity contribution < 1.29 is 33.3 Å². The van der Waals surface area contributed by atoms with Gasteiger partial charge in [-0.15, -0.1) is 0 Å². The number of ether oxygens (including phenoxy) is 5. The van der Waals surface area contributed by atoms with Gasteiger partial charge in [0.15, 0.2) is 24.4 Å². The summed E-state index contributed by atoms with van der Waals surface area (Å²) in [5.41, 5.74) is 2.24. The first-order chi connectivity index (χ1) is 16.0. The van der Waals surface area contributed by atoms with E-state index in [-0.39, 0.29) is 49.0 Å². The third-order valence-corrected chi connectivity index (χ3v) is 7.70. The zero-order valence-corrected chi connectivity index (χ0v) is 19.4. The number of likely N-dealkylation sites (N-methyl/N-ethyl adjacent to an activating group) is 1. The van der Waals surface area contributed by atoms with E-state index in [0.29, 0.717) is 18.2 Å². The molecule has 0 amide bonds. The predicted molar refractivity (Wildman–Crippen MR) is 118 cm³/mol. The highest BCUT2D eigenvalue weighted by Crippen LogP contribution is 2.62. The van der Waals surface area contributed by atoms with E-state index in [1.165, 1.54) is 18.2 Å². The maximum absolute atomic E-state index is 12.6. The van der Waals surface area contributed by atoms with E-state index >= 15 is 0 Å². The molecule has 8 nitrogen and oxygen atoms in total. The Balaban J connectivity index is 1.45. The molecule has 178 valence electrons. The number of esters is 2. The number of carbonyl (C=O) groups is 2. The Hall–Kier alpha value is -2.58. The molecule has 0 saturated carbocycles. The minimum atomic E-state index is -0.496. The first kappa shape index (κ1) is 22.2. The molecule has 1 unspecified atom stereocenters. The van der Waals surface area contributed by atoms with Crippen molar-refractivity contribution in [3.8, 4) is 11.5 Å². The maximum atomic E-state index is 12.6. The molecule has 1 fully saturated rings. The summed E-state index contributed by atoms with van der Waals surface area (Å²) < 4.78 is 28.1. The number of nitrogens with zero attached hydrogens (tertiary/aromatic N) is 1. The van der Waals surface area contributed by atoms with Gasteiger partial charge in [0.1, 0.15) is 6.10 Å². The molecule has 1 aromatic carbocycles. The summed E-state index contributed by atoms with van der Waals surface area (Å²) in [6, 6.07) is 4.48. The zero-order valence-electron chi connectivity index (χ0n) is 19.4. The number of hydrogen-bond acceptors (Lipinski definition) is 8. The highest BCUT2D eigenvalue weighted by atomic mass is 16.7. The van der Waals surface area contributed by atoms with Crippen LogP contribution < -0.4 is 9.47 Å². The van der Waals surface area contributed by atoms with Gasteiger partial charge < -0.3 is 28.6 Å². The third kappa shape index (κ3) is 3.51. The Morgan fingerprint density at radius 2 is 2.00 bits per heavy atom. The van der Waals surface area contributed by atoms with Crippen LogP contribution in [0, 0.1) is 5.92 Å². The Labute approximate surface area is 193 Å². The van der Waals surface area contributed by atoms with Gasteiger partial charge in [-0.05, 0) is 50.6 Å². The van der Waals surface area contributed by atoms with Gasteiger partial charge in [0, 0.05) is 42.9 Å². The second-order valence-corrected chi connectivity index (χ2v) is 9.35. The summed E-state index contributed by atoms with van der Waals surface area (Å²) >= 11 is 0. The van der Waals surface area contributed by atoms with E-state index in [4.69, 9.17) is 18.9 Å². The molecule has 2 aliphatic carbocycles. The second-order valence-electron chi connectivity index (χ2n) is 9.35. The second kappa shape index (κ2) is 8.65. The average Bonchev–Trinajstić information content (AvgIpc) is 3.16. The van der Waals surface area contributed by atoms with Crippen LogP contribution in [0.4, 0.5) is 0 Å². The molecule has 4 aliphatic rings. The minimum absolute atomic E-state index is 0.137. The Bertz CT molecular complexity index is 976.